The molecule has 0 aromatic rings. The van der Waals surface area contributed by atoms with Crippen molar-refractivity contribution in [2.45, 2.75) is 6.18 Å². The van der Waals surface area contributed by atoms with Crippen molar-refractivity contribution < 1.29 is 13.2 Å². The summed E-state index contributed by atoms with van der Waals surface area (Å²) in [6.45, 7) is 2.90. The standard InChI is InChI=1S/C8H16F3N3/c9-8(10,11)7-14-5-3-13(2-1-12)4-6-14/h1-7,12H2. The zero-order valence-electron chi connectivity index (χ0n) is 8.06. The molecule has 0 unspecified atom stereocenters. The Kier molecular flexibility index (Phi) is 4.15. The van der Waals surface area contributed by atoms with Crippen molar-refractivity contribution in [3.05, 3.63) is 0 Å². The number of alkyl halides is 3. The van der Waals surface area contributed by atoms with Crippen LogP contribution in [0.15, 0.2) is 0 Å². The van der Waals surface area contributed by atoms with E-state index in [1.54, 1.807) is 0 Å². The van der Waals surface area contributed by atoms with Crippen molar-refractivity contribution in [3.63, 3.8) is 0 Å². The van der Waals surface area contributed by atoms with Gasteiger partial charge in [-0.05, 0) is 0 Å². The Bertz CT molecular complexity index is 164. The van der Waals surface area contributed by atoms with E-state index in [1.165, 1.54) is 4.90 Å². The number of piperazine rings is 1. The van der Waals surface area contributed by atoms with Gasteiger partial charge in [0.05, 0.1) is 6.54 Å². The Morgan fingerprint density at radius 2 is 1.50 bits per heavy atom. The van der Waals surface area contributed by atoms with Crippen LogP contribution in [0.1, 0.15) is 0 Å². The zero-order valence-corrected chi connectivity index (χ0v) is 8.06. The van der Waals surface area contributed by atoms with Crippen LogP contribution in [0.4, 0.5) is 13.2 Å². The average Bonchev–Trinajstić information content (AvgIpc) is 2.06. The predicted octanol–water partition coefficient (Wildman–Crippen LogP) is 0.125. The summed E-state index contributed by atoms with van der Waals surface area (Å²) >= 11 is 0. The highest BCUT2D eigenvalue weighted by Crippen LogP contribution is 2.17. The largest absolute Gasteiger partial charge is 0.401 e. The van der Waals surface area contributed by atoms with E-state index in [1.807, 2.05) is 0 Å². The van der Waals surface area contributed by atoms with Crippen molar-refractivity contribution in [3.8, 4) is 0 Å². The molecule has 1 aliphatic rings. The van der Waals surface area contributed by atoms with E-state index in [2.05, 4.69) is 4.90 Å². The second-order valence-corrected chi connectivity index (χ2v) is 3.52. The van der Waals surface area contributed by atoms with Gasteiger partial charge in [-0.1, -0.05) is 0 Å². The SMILES string of the molecule is NCCN1CCN(CC(F)(F)F)CC1. The van der Waals surface area contributed by atoms with Gasteiger partial charge >= 0.3 is 6.18 Å². The molecule has 1 saturated heterocycles. The molecule has 3 nitrogen and oxygen atoms in total. The second kappa shape index (κ2) is 4.95. The minimum Gasteiger partial charge on any atom is -0.329 e. The highest BCUT2D eigenvalue weighted by atomic mass is 19.4. The molecule has 0 radical (unpaired) electrons. The fraction of sp³-hybridized carbons (Fsp3) is 1.00. The van der Waals surface area contributed by atoms with E-state index in [0.29, 0.717) is 32.7 Å². The fourth-order valence-electron chi connectivity index (χ4n) is 1.61. The average molecular weight is 211 g/mol. The zero-order chi connectivity index (χ0) is 10.6. The second-order valence-electron chi connectivity index (χ2n) is 3.52. The Morgan fingerprint density at radius 3 is 1.93 bits per heavy atom. The van der Waals surface area contributed by atoms with Crippen LogP contribution in [0.3, 0.4) is 0 Å². The molecule has 14 heavy (non-hydrogen) atoms. The minimum atomic E-state index is -4.07. The maximum absolute atomic E-state index is 12.0. The summed E-state index contributed by atoms with van der Waals surface area (Å²) in [5.41, 5.74) is 5.36. The van der Waals surface area contributed by atoms with Crippen LogP contribution in [0, 0.1) is 0 Å². The lowest BCUT2D eigenvalue weighted by atomic mass is 10.3. The van der Waals surface area contributed by atoms with Crippen LogP contribution in [0.2, 0.25) is 0 Å². The van der Waals surface area contributed by atoms with E-state index >= 15 is 0 Å². The minimum absolute atomic E-state index is 0.486. The third-order valence-electron chi connectivity index (χ3n) is 2.31. The highest BCUT2D eigenvalue weighted by molar-refractivity contribution is 4.73. The molecule has 2 N–H and O–H groups in total. The molecule has 1 heterocycles. The van der Waals surface area contributed by atoms with E-state index in [4.69, 9.17) is 5.73 Å². The van der Waals surface area contributed by atoms with Crippen molar-refractivity contribution in [1.82, 2.24) is 9.80 Å². The molecular formula is C8H16F3N3. The van der Waals surface area contributed by atoms with Gasteiger partial charge in [0.25, 0.3) is 0 Å². The molecule has 0 aromatic heterocycles. The third-order valence-corrected chi connectivity index (χ3v) is 2.31. The molecular weight excluding hydrogens is 195 g/mol. The van der Waals surface area contributed by atoms with Gasteiger partial charge in [-0.25, -0.2) is 0 Å². The van der Waals surface area contributed by atoms with Crippen LogP contribution in [-0.4, -0.2) is 61.8 Å². The monoisotopic (exact) mass is 211 g/mol. The molecule has 1 aliphatic heterocycles. The van der Waals surface area contributed by atoms with E-state index in [0.717, 1.165) is 6.54 Å². The molecule has 1 rings (SSSR count). The summed E-state index contributed by atoms with van der Waals surface area (Å²) in [4.78, 5) is 3.53. The number of hydrogen-bond acceptors (Lipinski definition) is 3. The smallest absolute Gasteiger partial charge is 0.329 e. The molecule has 0 amide bonds. The van der Waals surface area contributed by atoms with Gasteiger partial charge in [-0.2, -0.15) is 13.2 Å². The summed E-state index contributed by atoms with van der Waals surface area (Å²) in [6.07, 6.45) is -4.07. The topological polar surface area (TPSA) is 32.5 Å². The van der Waals surface area contributed by atoms with Crippen LogP contribution < -0.4 is 5.73 Å². The summed E-state index contributed by atoms with van der Waals surface area (Å²) in [7, 11) is 0. The molecule has 0 spiro atoms. The van der Waals surface area contributed by atoms with Gasteiger partial charge < -0.3 is 5.73 Å². The fourth-order valence-corrected chi connectivity index (χ4v) is 1.61. The first-order valence-corrected chi connectivity index (χ1v) is 4.73. The molecule has 0 aromatic carbocycles. The van der Waals surface area contributed by atoms with Crippen LogP contribution in [0.5, 0.6) is 0 Å². The first kappa shape index (κ1) is 11.7. The van der Waals surface area contributed by atoms with Crippen molar-refractivity contribution in [2.24, 2.45) is 5.73 Å². The lowest BCUT2D eigenvalue weighted by Crippen LogP contribution is -2.50. The van der Waals surface area contributed by atoms with E-state index in [-0.39, 0.29) is 0 Å². The summed E-state index contributed by atoms with van der Waals surface area (Å²) < 4.78 is 36.0. The molecule has 0 aliphatic carbocycles. The van der Waals surface area contributed by atoms with Crippen molar-refractivity contribution in [1.29, 1.82) is 0 Å². The number of nitrogens with two attached hydrogens (primary N) is 1. The quantitative estimate of drug-likeness (QED) is 0.720. The van der Waals surface area contributed by atoms with Crippen LogP contribution in [-0.2, 0) is 0 Å². The number of rotatable bonds is 3. The molecule has 1 fully saturated rings. The highest BCUT2D eigenvalue weighted by Gasteiger charge is 2.31. The normalized spacial score (nSPS) is 21.4. The van der Waals surface area contributed by atoms with Crippen molar-refractivity contribution >= 4 is 0 Å². The molecule has 0 bridgehead atoms. The lowest BCUT2D eigenvalue weighted by Gasteiger charge is -2.34. The van der Waals surface area contributed by atoms with Crippen molar-refractivity contribution in [2.75, 3.05) is 45.8 Å². The summed E-state index contributed by atoms with van der Waals surface area (Å²) in [5, 5.41) is 0. The van der Waals surface area contributed by atoms with Crippen LogP contribution >= 0.6 is 0 Å². The number of halogens is 3. The Balaban J connectivity index is 2.22. The van der Waals surface area contributed by atoms with Gasteiger partial charge in [0.2, 0.25) is 0 Å². The maximum atomic E-state index is 12.0. The Morgan fingerprint density at radius 1 is 1.00 bits per heavy atom. The first-order valence-electron chi connectivity index (χ1n) is 4.73. The van der Waals surface area contributed by atoms with Gasteiger partial charge in [-0.3, -0.25) is 9.80 Å². The summed E-state index contributed by atoms with van der Waals surface area (Å²) in [6, 6.07) is 0. The Labute approximate surface area is 81.6 Å². The molecule has 0 atom stereocenters. The van der Waals surface area contributed by atoms with E-state index in [9.17, 15) is 13.2 Å². The van der Waals surface area contributed by atoms with Gasteiger partial charge in [0.15, 0.2) is 0 Å². The first-order chi connectivity index (χ1) is 6.51. The van der Waals surface area contributed by atoms with Gasteiger partial charge in [0.1, 0.15) is 0 Å². The predicted molar refractivity (Wildman–Crippen MR) is 48.0 cm³/mol. The van der Waals surface area contributed by atoms with E-state index < -0.39 is 12.7 Å². The molecule has 0 saturated carbocycles. The van der Waals surface area contributed by atoms with Crippen LogP contribution in [0.25, 0.3) is 0 Å². The molecule has 6 heteroatoms. The van der Waals surface area contributed by atoms with Gasteiger partial charge in [-0.15, -0.1) is 0 Å². The molecule has 84 valence electrons. The maximum Gasteiger partial charge on any atom is 0.401 e. The van der Waals surface area contributed by atoms with Gasteiger partial charge in [0, 0.05) is 39.3 Å². The number of hydrogen-bond donors (Lipinski definition) is 1. The summed E-state index contributed by atoms with van der Waals surface area (Å²) in [5.74, 6) is 0. The third kappa shape index (κ3) is 4.26. The Hall–Kier alpha value is -0.330. The number of nitrogens with zero attached hydrogens (tertiary/aromatic N) is 2. The lowest BCUT2D eigenvalue weighted by molar-refractivity contribution is -0.149.